The number of nitrogens with two attached hydrogens (primary N) is 1. The summed E-state index contributed by atoms with van der Waals surface area (Å²) in [5.41, 5.74) is 7.98. The summed E-state index contributed by atoms with van der Waals surface area (Å²) in [5.74, 6) is 1.11. The van der Waals surface area contributed by atoms with E-state index in [4.69, 9.17) is 5.73 Å². The number of nitrogens with zero attached hydrogens (tertiary/aromatic N) is 3. The standard InChI is InChI=1S/C14H25N5O/c1-4-6-11-12(15)14(18(3)17-11)19-8-5-7-10(9-19)13(20)16-2/h10H,4-9,15H2,1-3H3,(H,16,20). The summed E-state index contributed by atoms with van der Waals surface area (Å²) in [7, 11) is 3.62. The number of amides is 1. The molecule has 1 aromatic rings. The Kier molecular flexibility index (Phi) is 4.52. The van der Waals surface area contributed by atoms with E-state index in [1.807, 2.05) is 11.7 Å². The molecule has 1 atom stereocenters. The Bertz CT molecular complexity index is 482. The lowest BCUT2D eigenvalue weighted by atomic mass is 9.97. The molecule has 1 amide bonds. The predicted molar refractivity (Wildman–Crippen MR) is 80.6 cm³/mol. The van der Waals surface area contributed by atoms with Gasteiger partial charge in [0.15, 0.2) is 0 Å². The van der Waals surface area contributed by atoms with E-state index in [0.29, 0.717) is 0 Å². The first-order valence-corrected chi connectivity index (χ1v) is 7.36. The molecule has 0 radical (unpaired) electrons. The van der Waals surface area contributed by atoms with Crippen LogP contribution < -0.4 is 16.0 Å². The van der Waals surface area contributed by atoms with Crippen LogP contribution in [0.4, 0.5) is 11.5 Å². The largest absolute Gasteiger partial charge is 0.394 e. The van der Waals surface area contributed by atoms with Crippen LogP contribution in [0.15, 0.2) is 0 Å². The Labute approximate surface area is 120 Å². The summed E-state index contributed by atoms with van der Waals surface area (Å²) in [5, 5.41) is 7.26. The Balaban J connectivity index is 2.20. The molecule has 1 aliphatic heterocycles. The lowest BCUT2D eigenvalue weighted by Gasteiger charge is -2.33. The van der Waals surface area contributed by atoms with Gasteiger partial charge in [0, 0.05) is 27.2 Å². The first-order valence-electron chi connectivity index (χ1n) is 7.36. The van der Waals surface area contributed by atoms with E-state index in [-0.39, 0.29) is 11.8 Å². The fourth-order valence-electron chi connectivity index (χ4n) is 2.97. The van der Waals surface area contributed by atoms with Crippen molar-refractivity contribution in [1.29, 1.82) is 0 Å². The van der Waals surface area contributed by atoms with Gasteiger partial charge < -0.3 is 16.0 Å². The summed E-state index contributed by atoms with van der Waals surface area (Å²) in [6.07, 6.45) is 3.87. The number of carbonyl (C=O) groups is 1. The number of hydrogen-bond donors (Lipinski definition) is 2. The molecule has 6 heteroatoms. The predicted octanol–water partition coefficient (Wildman–Crippen LogP) is 0.917. The molecule has 1 aromatic heterocycles. The Morgan fingerprint density at radius 3 is 2.95 bits per heavy atom. The van der Waals surface area contributed by atoms with Gasteiger partial charge in [-0.2, -0.15) is 5.10 Å². The molecule has 0 saturated carbocycles. The number of nitrogens with one attached hydrogen (secondary N) is 1. The SMILES string of the molecule is CCCc1nn(C)c(N2CCCC(C(=O)NC)C2)c1N. The normalized spacial score (nSPS) is 19.1. The number of anilines is 2. The molecule has 1 saturated heterocycles. The van der Waals surface area contributed by atoms with E-state index >= 15 is 0 Å². The molecule has 0 spiro atoms. The van der Waals surface area contributed by atoms with E-state index in [0.717, 1.165) is 56.0 Å². The van der Waals surface area contributed by atoms with Crippen molar-refractivity contribution in [3.8, 4) is 0 Å². The number of hydrogen-bond acceptors (Lipinski definition) is 4. The average Bonchev–Trinajstić information content (AvgIpc) is 2.73. The maximum atomic E-state index is 11.8. The van der Waals surface area contributed by atoms with E-state index in [1.54, 1.807) is 7.05 Å². The van der Waals surface area contributed by atoms with Crippen LogP contribution in [-0.2, 0) is 18.3 Å². The third kappa shape index (κ3) is 2.73. The molecule has 6 nitrogen and oxygen atoms in total. The van der Waals surface area contributed by atoms with Crippen molar-refractivity contribution in [2.75, 3.05) is 30.8 Å². The minimum absolute atomic E-state index is 0.0395. The lowest BCUT2D eigenvalue weighted by Crippen LogP contribution is -2.43. The highest BCUT2D eigenvalue weighted by Gasteiger charge is 2.28. The number of piperidine rings is 1. The average molecular weight is 279 g/mol. The summed E-state index contributed by atoms with van der Waals surface area (Å²) < 4.78 is 1.85. The number of carbonyl (C=O) groups excluding carboxylic acids is 1. The van der Waals surface area contributed by atoms with E-state index in [2.05, 4.69) is 22.2 Å². The monoisotopic (exact) mass is 279 g/mol. The van der Waals surface area contributed by atoms with Gasteiger partial charge >= 0.3 is 0 Å². The molecule has 0 aromatic carbocycles. The van der Waals surface area contributed by atoms with Crippen LogP contribution in [0.3, 0.4) is 0 Å². The van der Waals surface area contributed by atoms with Gasteiger partial charge in [-0.1, -0.05) is 13.3 Å². The van der Waals surface area contributed by atoms with Crippen molar-refractivity contribution in [3.63, 3.8) is 0 Å². The molecule has 3 N–H and O–H groups in total. The quantitative estimate of drug-likeness (QED) is 0.859. The lowest BCUT2D eigenvalue weighted by molar-refractivity contribution is -0.124. The molecule has 20 heavy (non-hydrogen) atoms. The maximum Gasteiger partial charge on any atom is 0.224 e. The second-order valence-corrected chi connectivity index (χ2v) is 5.46. The van der Waals surface area contributed by atoms with Crippen molar-refractivity contribution in [2.24, 2.45) is 13.0 Å². The molecule has 2 heterocycles. The van der Waals surface area contributed by atoms with Crippen molar-refractivity contribution >= 4 is 17.4 Å². The van der Waals surface area contributed by atoms with Gasteiger partial charge in [0.25, 0.3) is 0 Å². The number of aromatic nitrogens is 2. The van der Waals surface area contributed by atoms with Gasteiger partial charge in [0.2, 0.25) is 5.91 Å². The smallest absolute Gasteiger partial charge is 0.224 e. The topological polar surface area (TPSA) is 76.2 Å². The molecule has 0 aliphatic carbocycles. The first kappa shape index (κ1) is 14.7. The molecule has 1 fully saturated rings. The number of aryl methyl sites for hydroxylation is 2. The fraction of sp³-hybridized carbons (Fsp3) is 0.714. The van der Waals surface area contributed by atoms with Gasteiger partial charge in [-0.3, -0.25) is 9.48 Å². The molecule has 112 valence electrons. The first-order chi connectivity index (χ1) is 9.58. The van der Waals surface area contributed by atoms with Crippen LogP contribution >= 0.6 is 0 Å². The maximum absolute atomic E-state index is 11.8. The van der Waals surface area contributed by atoms with Gasteiger partial charge in [-0.25, -0.2) is 0 Å². The van der Waals surface area contributed by atoms with Gasteiger partial charge in [0.05, 0.1) is 17.3 Å². The van der Waals surface area contributed by atoms with Crippen LogP contribution in [0.5, 0.6) is 0 Å². The zero-order valence-corrected chi connectivity index (χ0v) is 12.6. The highest BCUT2D eigenvalue weighted by molar-refractivity contribution is 5.79. The summed E-state index contributed by atoms with van der Waals surface area (Å²) in [6.45, 7) is 3.77. The van der Waals surface area contributed by atoms with Crippen LogP contribution in [0.2, 0.25) is 0 Å². The van der Waals surface area contributed by atoms with Crippen molar-refractivity contribution in [2.45, 2.75) is 32.6 Å². The van der Waals surface area contributed by atoms with Crippen LogP contribution in [0, 0.1) is 5.92 Å². The minimum Gasteiger partial charge on any atom is -0.394 e. The zero-order valence-electron chi connectivity index (χ0n) is 12.6. The molecular weight excluding hydrogens is 254 g/mol. The molecule has 1 aliphatic rings. The van der Waals surface area contributed by atoms with Crippen LogP contribution in [0.1, 0.15) is 31.9 Å². The van der Waals surface area contributed by atoms with E-state index in [9.17, 15) is 4.79 Å². The van der Waals surface area contributed by atoms with Crippen molar-refractivity contribution < 1.29 is 4.79 Å². The van der Waals surface area contributed by atoms with Crippen molar-refractivity contribution in [3.05, 3.63) is 5.69 Å². The van der Waals surface area contributed by atoms with Gasteiger partial charge in [-0.05, 0) is 19.3 Å². The summed E-state index contributed by atoms with van der Waals surface area (Å²) in [6, 6.07) is 0. The molecule has 1 unspecified atom stereocenters. The third-order valence-electron chi connectivity index (χ3n) is 3.95. The van der Waals surface area contributed by atoms with Gasteiger partial charge in [-0.15, -0.1) is 0 Å². The molecule has 0 bridgehead atoms. The van der Waals surface area contributed by atoms with Gasteiger partial charge in [0.1, 0.15) is 5.82 Å². The second kappa shape index (κ2) is 6.15. The summed E-state index contributed by atoms with van der Waals surface area (Å²) in [4.78, 5) is 14.0. The number of rotatable bonds is 4. The van der Waals surface area contributed by atoms with Crippen LogP contribution in [-0.4, -0.2) is 35.8 Å². The molecule has 2 rings (SSSR count). The Morgan fingerprint density at radius 1 is 1.55 bits per heavy atom. The van der Waals surface area contributed by atoms with Crippen LogP contribution in [0.25, 0.3) is 0 Å². The van der Waals surface area contributed by atoms with E-state index < -0.39 is 0 Å². The third-order valence-corrected chi connectivity index (χ3v) is 3.95. The fourth-order valence-corrected chi connectivity index (χ4v) is 2.97. The Morgan fingerprint density at radius 2 is 2.30 bits per heavy atom. The van der Waals surface area contributed by atoms with Crippen molar-refractivity contribution in [1.82, 2.24) is 15.1 Å². The molecular formula is C14H25N5O. The Hall–Kier alpha value is -1.72. The number of nitrogen functional groups attached to an aromatic ring is 1. The highest BCUT2D eigenvalue weighted by Crippen LogP contribution is 2.30. The second-order valence-electron chi connectivity index (χ2n) is 5.46. The zero-order chi connectivity index (χ0) is 14.7. The van der Waals surface area contributed by atoms with E-state index in [1.165, 1.54) is 0 Å². The minimum atomic E-state index is 0.0395. The highest BCUT2D eigenvalue weighted by atomic mass is 16.1. The summed E-state index contributed by atoms with van der Waals surface area (Å²) >= 11 is 0.